The van der Waals surface area contributed by atoms with E-state index in [0.29, 0.717) is 6.61 Å². The Labute approximate surface area is 199 Å². The Kier molecular flexibility index (Phi) is 7.69. The predicted octanol–water partition coefficient (Wildman–Crippen LogP) is 3.92. The van der Waals surface area contributed by atoms with Crippen LogP contribution in [0.3, 0.4) is 0 Å². The van der Waals surface area contributed by atoms with Gasteiger partial charge in [0, 0.05) is 45.9 Å². The lowest BCUT2D eigenvalue weighted by Crippen LogP contribution is -2.48. The number of methoxy groups -OCH3 is 1. The van der Waals surface area contributed by atoms with E-state index in [0.717, 1.165) is 59.2 Å². The highest BCUT2D eigenvalue weighted by Crippen LogP contribution is 2.34. The summed E-state index contributed by atoms with van der Waals surface area (Å²) in [6, 6.07) is 10.4. The van der Waals surface area contributed by atoms with Crippen LogP contribution in [0.1, 0.15) is 27.7 Å². The van der Waals surface area contributed by atoms with E-state index in [9.17, 15) is 4.79 Å². The van der Waals surface area contributed by atoms with E-state index in [1.54, 1.807) is 13.4 Å². The van der Waals surface area contributed by atoms with Gasteiger partial charge in [-0.05, 0) is 25.0 Å². The number of carbonyl (C=O) groups is 1. The van der Waals surface area contributed by atoms with Crippen molar-refractivity contribution in [1.29, 1.82) is 0 Å². The second-order valence-corrected chi connectivity index (χ2v) is 9.36. The number of thiophene rings is 1. The molecule has 8 heteroatoms. The molecule has 1 saturated heterocycles. The van der Waals surface area contributed by atoms with Crippen LogP contribution in [0.4, 0.5) is 5.82 Å². The molecule has 4 rings (SSSR count). The van der Waals surface area contributed by atoms with E-state index in [2.05, 4.69) is 44.5 Å². The monoisotopic (exact) mass is 465 g/mol. The molecule has 1 aromatic carbocycles. The molecule has 7 nitrogen and oxygen atoms in total. The van der Waals surface area contributed by atoms with E-state index in [4.69, 9.17) is 4.74 Å². The van der Waals surface area contributed by atoms with E-state index < -0.39 is 0 Å². The Hall–Kier alpha value is -2.81. The molecular formula is C25H31N5O2S. The minimum atomic E-state index is 0.0888. The summed E-state index contributed by atoms with van der Waals surface area (Å²) in [6.45, 7) is 8.70. The Bertz CT molecular complexity index is 1110. The lowest BCUT2D eigenvalue weighted by molar-refractivity contribution is 0.0654. The first-order valence-corrected chi connectivity index (χ1v) is 12.1. The number of fused-ring (bicyclic) bond motifs is 1. The molecule has 1 N–H and O–H groups in total. The van der Waals surface area contributed by atoms with Crippen LogP contribution in [0.2, 0.25) is 0 Å². The second kappa shape index (κ2) is 10.9. The van der Waals surface area contributed by atoms with Gasteiger partial charge in [0.25, 0.3) is 5.91 Å². The number of benzene rings is 1. The minimum Gasteiger partial charge on any atom is -0.383 e. The third kappa shape index (κ3) is 5.58. The summed E-state index contributed by atoms with van der Waals surface area (Å²) in [7, 11) is 1.68. The highest BCUT2D eigenvalue weighted by Gasteiger charge is 2.26. The number of rotatable bonds is 8. The normalized spacial score (nSPS) is 15.9. The lowest BCUT2D eigenvalue weighted by atomic mass is 10.1. The van der Waals surface area contributed by atoms with Crippen molar-refractivity contribution >= 4 is 39.4 Å². The van der Waals surface area contributed by atoms with Crippen molar-refractivity contribution in [1.82, 2.24) is 19.8 Å². The summed E-state index contributed by atoms with van der Waals surface area (Å²) >= 11 is 1.45. The first-order valence-electron chi connectivity index (χ1n) is 11.3. The van der Waals surface area contributed by atoms with Crippen LogP contribution >= 0.6 is 11.3 Å². The number of anilines is 1. The molecule has 174 valence electrons. The molecule has 1 amide bonds. The van der Waals surface area contributed by atoms with Gasteiger partial charge in [-0.3, -0.25) is 9.69 Å². The Morgan fingerprint density at radius 1 is 1.21 bits per heavy atom. The number of ether oxygens (including phenoxy) is 1. The van der Waals surface area contributed by atoms with E-state index >= 15 is 0 Å². The van der Waals surface area contributed by atoms with Crippen molar-refractivity contribution in [2.45, 2.75) is 19.9 Å². The number of nitrogens with one attached hydrogen (secondary N) is 1. The average molecular weight is 466 g/mol. The Morgan fingerprint density at radius 3 is 2.70 bits per heavy atom. The van der Waals surface area contributed by atoms with Crippen LogP contribution in [0.15, 0.2) is 42.7 Å². The first kappa shape index (κ1) is 23.4. The number of nitrogens with zero attached hydrogens (tertiary/aromatic N) is 4. The maximum Gasteiger partial charge on any atom is 0.264 e. The molecule has 0 aliphatic carbocycles. The zero-order chi connectivity index (χ0) is 23.2. The van der Waals surface area contributed by atoms with Gasteiger partial charge in [0.2, 0.25) is 0 Å². The first-order chi connectivity index (χ1) is 16.1. The number of aryl methyl sites for hydroxylation is 1. The molecule has 33 heavy (non-hydrogen) atoms. The molecule has 1 atom stereocenters. The summed E-state index contributed by atoms with van der Waals surface area (Å²) in [6.07, 6.45) is 5.90. The van der Waals surface area contributed by atoms with E-state index in [1.165, 1.54) is 16.9 Å². The molecule has 1 unspecified atom stereocenters. The zero-order valence-electron chi connectivity index (χ0n) is 19.5. The van der Waals surface area contributed by atoms with Crippen molar-refractivity contribution in [3.05, 3.63) is 58.7 Å². The van der Waals surface area contributed by atoms with E-state index in [-0.39, 0.29) is 11.9 Å². The molecule has 0 spiro atoms. The van der Waals surface area contributed by atoms with Gasteiger partial charge in [-0.1, -0.05) is 42.5 Å². The number of hydrogen-bond acceptors (Lipinski definition) is 7. The van der Waals surface area contributed by atoms with Gasteiger partial charge < -0.3 is 15.0 Å². The molecule has 2 aromatic heterocycles. The lowest BCUT2D eigenvalue weighted by Gasteiger charge is -2.34. The SMILES string of the molecule is COCC(C)Nc1ncnc2sc(C(=O)N3CCN(C/C=C/c4ccccc4)CC3)c(C)c12. The standard InChI is InChI=1S/C25H31N5O2S/c1-18(16-32-3)28-23-21-19(2)22(33-24(21)27-17-26-23)25(31)30-14-12-29(13-15-30)11-7-10-20-8-5-4-6-9-20/h4-10,17-18H,11-16H2,1-3H3,(H,26,27,28)/b10-7+. The Morgan fingerprint density at radius 2 is 1.97 bits per heavy atom. The molecule has 0 radical (unpaired) electrons. The topological polar surface area (TPSA) is 70.6 Å². The number of amides is 1. The molecule has 1 fully saturated rings. The molecular weight excluding hydrogens is 434 g/mol. The van der Waals surface area contributed by atoms with Gasteiger partial charge in [0.05, 0.1) is 16.9 Å². The fourth-order valence-electron chi connectivity index (χ4n) is 4.09. The van der Waals surface area contributed by atoms with Gasteiger partial charge in [-0.2, -0.15) is 0 Å². The van der Waals surface area contributed by atoms with Crippen LogP contribution in [-0.2, 0) is 4.74 Å². The number of aromatic nitrogens is 2. The van der Waals surface area contributed by atoms with Gasteiger partial charge in [-0.25, -0.2) is 9.97 Å². The fraction of sp³-hybridized carbons (Fsp3) is 0.400. The summed E-state index contributed by atoms with van der Waals surface area (Å²) in [5, 5.41) is 4.32. The summed E-state index contributed by atoms with van der Waals surface area (Å²) in [5.74, 6) is 0.846. The predicted molar refractivity (Wildman–Crippen MR) is 135 cm³/mol. The highest BCUT2D eigenvalue weighted by molar-refractivity contribution is 7.20. The van der Waals surface area contributed by atoms with Crippen LogP contribution in [0, 0.1) is 6.92 Å². The van der Waals surface area contributed by atoms with Crippen molar-refractivity contribution in [3.8, 4) is 0 Å². The van der Waals surface area contributed by atoms with Crippen molar-refractivity contribution in [2.75, 3.05) is 51.8 Å². The minimum absolute atomic E-state index is 0.0888. The fourth-order valence-corrected chi connectivity index (χ4v) is 5.21. The van der Waals surface area contributed by atoms with Crippen LogP contribution in [0.5, 0.6) is 0 Å². The maximum atomic E-state index is 13.3. The third-order valence-corrected chi connectivity index (χ3v) is 7.04. The quantitative estimate of drug-likeness (QED) is 0.544. The Balaban J connectivity index is 1.40. The molecule has 3 aromatic rings. The van der Waals surface area contributed by atoms with E-state index in [1.807, 2.05) is 36.9 Å². The molecule has 3 heterocycles. The van der Waals surface area contributed by atoms with Crippen LogP contribution in [-0.4, -0.2) is 78.2 Å². The van der Waals surface area contributed by atoms with Gasteiger partial charge in [0.15, 0.2) is 0 Å². The highest BCUT2D eigenvalue weighted by atomic mass is 32.1. The zero-order valence-corrected chi connectivity index (χ0v) is 20.3. The van der Waals surface area contributed by atoms with Crippen molar-refractivity contribution in [2.24, 2.45) is 0 Å². The smallest absolute Gasteiger partial charge is 0.264 e. The van der Waals surface area contributed by atoms with Gasteiger partial charge in [0.1, 0.15) is 17.0 Å². The average Bonchev–Trinajstić information content (AvgIpc) is 3.17. The largest absolute Gasteiger partial charge is 0.383 e. The third-order valence-electron chi connectivity index (χ3n) is 5.85. The van der Waals surface area contributed by atoms with Crippen LogP contribution < -0.4 is 5.32 Å². The van der Waals surface area contributed by atoms with Gasteiger partial charge >= 0.3 is 0 Å². The summed E-state index contributed by atoms with van der Waals surface area (Å²) in [4.78, 5) is 28.1. The molecule has 0 saturated carbocycles. The van der Waals surface area contributed by atoms with Crippen molar-refractivity contribution in [3.63, 3.8) is 0 Å². The number of hydrogen-bond donors (Lipinski definition) is 1. The van der Waals surface area contributed by atoms with Crippen molar-refractivity contribution < 1.29 is 9.53 Å². The maximum absolute atomic E-state index is 13.3. The summed E-state index contributed by atoms with van der Waals surface area (Å²) < 4.78 is 5.22. The number of piperazine rings is 1. The molecule has 0 bridgehead atoms. The molecule has 1 aliphatic rings. The summed E-state index contributed by atoms with van der Waals surface area (Å²) in [5.41, 5.74) is 2.15. The van der Waals surface area contributed by atoms with Crippen LogP contribution in [0.25, 0.3) is 16.3 Å². The molecule has 1 aliphatic heterocycles. The number of carbonyl (C=O) groups excluding carboxylic acids is 1. The second-order valence-electron chi connectivity index (χ2n) is 8.37. The van der Waals surface area contributed by atoms with Gasteiger partial charge in [-0.15, -0.1) is 11.3 Å².